The SMILES string of the molecule is COC(=O)CCN(Cc1ccccc1)C(=O)c1ccc(N2CCN(c3ccncc3)CC2)cc1. The van der Waals surface area contributed by atoms with E-state index in [0.29, 0.717) is 18.7 Å². The predicted octanol–water partition coefficient (Wildman–Crippen LogP) is 3.61. The molecule has 176 valence electrons. The third-order valence-corrected chi connectivity index (χ3v) is 6.10. The normalized spacial score (nSPS) is 13.4. The Morgan fingerprint density at radius 3 is 2.03 bits per heavy atom. The molecule has 0 saturated carbocycles. The maximum absolute atomic E-state index is 13.3. The second-order valence-corrected chi connectivity index (χ2v) is 8.26. The number of nitrogens with zero attached hydrogens (tertiary/aromatic N) is 4. The van der Waals surface area contributed by atoms with Crippen molar-refractivity contribution in [1.82, 2.24) is 9.88 Å². The van der Waals surface area contributed by atoms with Gasteiger partial charge in [-0.15, -0.1) is 0 Å². The Balaban J connectivity index is 1.40. The summed E-state index contributed by atoms with van der Waals surface area (Å²) in [4.78, 5) is 35.5. The fraction of sp³-hybridized carbons (Fsp3) is 0.296. The van der Waals surface area contributed by atoms with Gasteiger partial charge in [0, 0.05) is 68.6 Å². The van der Waals surface area contributed by atoms with Crippen LogP contribution in [0.5, 0.6) is 0 Å². The largest absolute Gasteiger partial charge is 0.469 e. The van der Waals surface area contributed by atoms with Crippen LogP contribution >= 0.6 is 0 Å². The lowest BCUT2D eigenvalue weighted by molar-refractivity contribution is -0.140. The van der Waals surface area contributed by atoms with Gasteiger partial charge in [0.1, 0.15) is 0 Å². The van der Waals surface area contributed by atoms with E-state index in [1.54, 1.807) is 4.90 Å². The lowest BCUT2D eigenvalue weighted by Gasteiger charge is -2.37. The first-order valence-corrected chi connectivity index (χ1v) is 11.5. The number of hydrogen-bond acceptors (Lipinski definition) is 6. The summed E-state index contributed by atoms with van der Waals surface area (Å²) in [5.74, 6) is -0.422. The smallest absolute Gasteiger partial charge is 0.307 e. The molecule has 1 fully saturated rings. The van der Waals surface area contributed by atoms with Crippen LogP contribution in [0.1, 0.15) is 22.3 Å². The molecular formula is C27H30N4O3. The van der Waals surface area contributed by atoms with E-state index >= 15 is 0 Å². The van der Waals surface area contributed by atoms with Crippen molar-refractivity contribution < 1.29 is 14.3 Å². The Morgan fingerprint density at radius 2 is 1.44 bits per heavy atom. The van der Waals surface area contributed by atoms with Crippen molar-refractivity contribution in [2.45, 2.75) is 13.0 Å². The van der Waals surface area contributed by atoms with E-state index in [-0.39, 0.29) is 18.3 Å². The molecule has 1 aliphatic heterocycles. The molecule has 1 aliphatic rings. The Hall–Kier alpha value is -3.87. The minimum atomic E-state index is -0.327. The van der Waals surface area contributed by atoms with Crippen LogP contribution in [0.3, 0.4) is 0 Å². The molecule has 1 aromatic heterocycles. The molecule has 3 aromatic rings. The maximum Gasteiger partial charge on any atom is 0.307 e. The van der Waals surface area contributed by atoms with Crippen LogP contribution in [0, 0.1) is 0 Å². The Labute approximate surface area is 200 Å². The number of carbonyl (C=O) groups excluding carboxylic acids is 2. The molecule has 0 bridgehead atoms. The van der Waals surface area contributed by atoms with Crippen molar-refractivity contribution >= 4 is 23.3 Å². The van der Waals surface area contributed by atoms with Gasteiger partial charge in [0.2, 0.25) is 0 Å². The molecule has 1 amide bonds. The van der Waals surface area contributed by atoms with E-state index in [0.717, 1.165) is 37.4 Å². The zero-order chi connectivity index (χ0) is 23.8. The van der Waals surface area contributed by atoms with Gasteiger partial charge in [0.25, 0.3) is 5.91 Å². The van der Waals surface area contributed by atoms with Crippen LogP contribution in [0.2, 0.25) is 0 Å². The first-order valence-electron chi connectivity index (χ1n) is 11.5. The summed E-state index contributed by atoms with van der Waals surface area (Å²) in [5.41, 5.74) is 3.93. The average Bonchev–Trinajstić information content (AvgIpc) is 2.91. The topological polar surface area (TPSA) is 66.0 Å². The van der Waals surface area contributed by atoms with Crippen LogP contribution in [0.4, 0.5) is 11.4 Å². The van der Waals surface area contributed by atoms with Gasteiger partial charge in [0.05, 0.1) is 13.5 Å². The molecule has 34 heavy (non-hydrogen) atoms. The zero-order valence-corrected chi connectivity index (χ0v) is 19.5. The number of carbonyl (C=O) groups is 2. The average molecular weight is 459 g/mol. The van der Waals surface area contributed by atoms with E-state index in [4.69, 9.17) is 4.74 Å². The number of aromatic nitrogens is 1. The third kappa shape index (κ3) is 5.92. The number of methoxy groups -OCH3 is 1. The summed E-state index contributed by atoms with van der Waals surface area (Å²) in [6, 6.07) is 21.6. The van der Waals surface area contributed by atoms with E-state index in [9.17, 15) is 9.59 Å². The molecule has 0 unspecified atom stereocenters. The monoisotopic (exact) mass is 458 g/mol. The van der Waals surface area contributed by atoms with Crippen molar-refractivity contribution in [1.29, 1.82) is 0 Å². The van der Waals surface area contributed by atoms with Crippen molar-refractivity contribution in [3.05, 3.63) is 90.3 Å². The number of piperazine rings is 1. The van der Waals surface area contributed by atoms with Gasteiger partial charge in [-0.2, -0.15) is 0 Å². The quantitative estimate of drug-likeness (QED) is 0.481. The van der Waals surface area contributed by atoms with Gasteiger partial charge in [-0.25, -0.2) is 0 Å². The standard InChI is InChI=1S/C27H30N4O3/c1-34-26(32)13-16-31(21-22-5-3-2-4-6-22)27(33)23-7-9-24(10-8-23)29-17-19-30(20-18-29)25-11-14-28-15-12-25/h2-12,14-15H,13,16-21H2,1H3. The number of hydrogen-bond donors (Lipinski definition) is 0. The van der Waals surface area contributed by atoms with Gasteiger partial charge in [0.15, 0.2) is 0 Å². The van der Waals surface area contributed by atoms with E-state index in [1.165, 1.54) is 12.8 Å². The Bertz CT molecular complexity index is 1070. The van der Waals surface area contributed by atoms with Crippen molar-refractivity contribution in [2.75, 3.05) is 49.6 Å². The number of anilines is 2. The lowest BCUT2D eigenvalue weighted by atomic mass is 10.1. The maximum atomic E-state index is 13.3. The molecule has 0 N–H and O–H groups in total. The summed E-state index contributed by atoms with van der Waals surface area (Å²) >= 11 is 0. The highest BCUT2D eigenvalue weighted by Gasteiger charge is 2.20. The number of esters is 1. The minimum absolute atomic E-state index is 0.0955. The number of ether oxygens (including phenoxy) is 1. The predicted molar refractivity (Wildman–Crippen MR) is 133 cm³/mol. The summed E-state index contributed by atoms with van der Waals surface area (Å²) in [5, 5.41) is 0. The molecule has 7 heteroatoms. The Morgan fingerprint density at radius 1 is 0.853 bits per heavy atom. The molecule has 1 saturated heterocycles. The number of pyridine rings is 1. The third-order valence-electron chi connectivity index (χ3n) is 6.10. The van der Waals surface area contributed by atoms with E-state index < -0.39 is 0 Å². The van der Waals surface area contributed by atoms with Crippen molar-refractivity contribution in [2.24, 2.45) is 0 Å². The Kier molecular flexibility index (Phi) is 7.75. The van der Waals surface area contributed by atoms with Crippen molar-refractivity contribution in [3.8, 4) is 0 Å². The summed E-state index contributed by atoms with van der Waals surface area (Å²) in [6.07, 6.45) is 3.81. The summed E-state index contributed by atoms with van der Waals surface area (Å²) < 4.78 is 4.77. The van der Waals surface area contributed by atoms with Crippen molar-refractivity contribution in [3.63, 3.8) is 0 Å². The van der Waals surface area contributed by atoms with Gasteiger partial charge in [-0.3, -0.25) is 14.6 Å². The van der Waals surface area contributed by atoms with Crippen LogP contribution < -0.4 is 9.80 Å². The van der Waals surface area contributed by atoms with E-state index in [2.05, 4.69) is 14.8 Å². The molecule has 2 heterocycles. The van der Waals surface area contributed by atoms with E-state index in [1.807, 2.05) is 79.1 Å². The highest BCUT2D eigenvalue weighted by molar-refractivity contribution is 5.94. The molecule has 0 spiro atoms. The highest BCUT2D eigenvalue weighted by atomic mass is 16.5. The summed E-state index contributed by atoms with van der Waals surface area (Å²) in [7, 11) is 1.36. The molecule has 0 aliphatic carbocycles. The van der Waals surface area contributed by atoms with Gasteiger partial charge < -0.3 is 19.4 Å². The first-order chi connectivity index (χ1) is 16.6. The van der Waals surface area contributed by atoms with Gasteiger partial charge in [-0.1, -0.05) is 30.3 Å². The van der Waals surface area contributed by atoms with Crippen LogP contribution in [0.15, 0.2) is 79.1 Å². The zero-order valence-electron chi connectivity index (χ0n) is 19.5. The molecular weight excluding hydrogens is 428 g/mol. The van der Waals surface area contributed by atoms with Crippen LogP contribution in [-0.4, -0.2) is 61.6 Å². The highest BCUT2D eigenvalue weighted by Crippen LogP contribution is 2.21. The number of benzene rings is 2. The van der Waals surface area contributed by atoms with Gasteiger partial charge in [-0.05, 0) is 42.0 Å². The second kappa shape index (κ2) is 11.3. The molecule has 4 rings (SSSR count). The summed E-state index contributed by atoms with van der Waals surface area (Å²) in [6.45, 7) is 4.43. The molecule has 7 nitrogen and oxygen atoms in total. The fourth-order valence-electron chi connectivity index (χ4n) is 4.16. The minimum Gasteiger partial charge on any atom is -0.469 e. The number of amides is 1. The molecule has 2 aromatic carbocycles. The second-order valence-electron chi connectivity index (χ2n) is 8.26. The lowest BCUT2D eigenvalue weighted by Crippen LogP contribution is -2.46. The molecule has 0 atom stereocenters. The molecule has 0 radical (unpaired) electrons. The number of rotatable bonds is 8. The van der Waals surface area contributed by atoms with Crippen LogP contribution in [0.25, 0.3) is 0 Å². The van der Waals surface area contributed by atoms with Crippen LogP contribution in [-0.2, 0) is 16.1 Å². The van der Waals surface area contributed by atoms with Gasteiger partial charge >= 0.3 is 5.97 Å². The fourth-order valence-corrected chi connectivity index (χ4v) is 4.16. The first kappa shape index (κ1) is 23.3.